The Labute approximate surface area is 88.2 Å². The molecular formula is C12H14N2O. The summed E-state index contributed by atoms with van der Waals surface area (Å²) in [5.74, 6) is 1.52. The normalized spacial score (nSPS) is 15.8. The van der Waals surface area contributed by atoms with Crippen molar-refractivity contribution in [2.45, 2.75) is 18.8 Å². The van der Waals surface area contributed by atoms with E-state index >= 15 is 0 Å². The van der Waals surface area contributed by atoms with Crippen molar-refractivity contribution in [2.75, 3.05) is 12.8 Å². The van der Waals surface area contributed by atoms with Crippen LogP contribution in [0.2, 0.25) is 0 Å². The molecule has 3 rings (SSSR count). The molecule has 0 unspecified atom stereocenters. The molecule has 0 bridgehead atoms. The van der Waals surface area contributed by atoms with Crippen LogP contribution in [0.4, 0.5) is 5.69 Å². The third kappa shape index (κ3) is 1.19. The standard InChI is InChI=1S/C12H14N2O/c1-15-12-9(13)4-5-10-11(12)8(6-14-10)7-2-3-7/h4-7,14H,2-3,13H2,1H3. The van der Waals surface area contributed by atoms with E-state index in [0.29, 0.717) is 11.6 Å². The number of nitrogen functional groups attached to an aromatic ring is 1. The van der Waals surface area contributed by atoms with Crippen LogP contribution in [0.15, 0.2) is 18.3 Å². The number of hydrogen-bond donors (Lipinski definition) is 2. The molecule has 3 N–H and O–H groups in total. The Morgan fingerprint density at radius 2 is 2.20 bits per heavy atom. The second-order valence-corrected chi connectivity index (χ2v) is 4.13. The van der Waals surface area contributed by atoms with Crippen molar-refractivity contribution in [3.63, 3.8) is 0 Å². The molecule has 0 spiro atoms. The third-order valence-corrected chi connectivity index (χ3v) is 3.08. The number of aromatic amines is 1. The summed E-state index contributed by atoms with van der Waals surface area (Å²) in [6.07, 6.45) is 4.65. The molecule has 3 heteroatoms. The van der Waals surface area contributed by atoms with Crippen molar-refractivity contribution >= 4 is 16.6 Å². The summed E-state index contributed by atoms with van der Waals surface area (Å²) in [5, 5.41) is 1.17. The molecule has 1 saturated carbocycles. The van der Waals surface area contributed by atoms with E-state index in [1.807, 2.05) is 12.1 Å². The summed E-state index contributed by atoms with van der Waals surface area (Å²) >= 11 is 0. The Hall–Kier alpha value is -1.64. The minimum absolute atomic E-state index is 0.703. The van der Waals surface area contributed by atoms with E-state index in [9.17, 15) is 0 Å². The van der Waals surface area contributed by atoms with Crippen LogP contribution >= 0.6 is 0 Å². The number of ether oxygens (including phenoxy) is 1. The smallest absolute Gasteiger partial charge is 0.151 e. The number of rotatable bonds is 2. The van der Waals surface area contributed by atoms with Gasteiger partial charge in [0.15, 0.2) is 5.75 Å². The molecule has 15 heavy (non-hydrogen) atoms. The highest BCUT2D eigenvalue weighted by molar-refractivity contribution is 5.94. The van der Waals surface area contributed by atoms with Gasteiger partial charge in [-0.3, -0.25) is 0 Å². The van der Waals surface area contributed by atoms with Gasteiger partial charge < -0.3 is 15.5 Å². The highest BCUT2D eigenvalue weighted by Crippen LogP contribution is 2.46. The Morgan fingerprint density at radius 1 is 1.40 bits per heavy atom. The molecule has 3 nitrogen and oxygen atoms in total. The molecule has 0 aliphatic heterocycles. The third-order valence-electron chi connectivity index (χ3n) is 3.08. The van der Waals surface area contributed by atoms with Crippen LogP contribution in [0.5, 0.6) is 5.75 Å². The maximum Gasteiger partial charge on any atom is 0.151 e. The minimum Gasteiger partial charge on any atom is -0.494 e. The summed E-state index contributed by atoms with van der Waals surface area (Å²) in [5.41, 5.74) is 9.09. The van der Waals surface area contributed by atoms with Crippen molar-refractivity contribution in [1.82, 2.24) is 4.98 Å². The fourth-order valence-electron chi connectivity index (χ4n) is 2.17. The number of anilines is 1. The van der Waals surface area contributed by atoms with Gasteiger partial charge in [0.2, 0.25) is 0 Å². The predicted molar refractivity (Wildman–Crippen MR) is 61.2 cm³/mol. The highest BCUT2D eigenvalue weighted by Gasteiger charge is 2.27. The molecule has 78 valence electrons. The van der Waals surface area contributed by atoms with Crippen LogP contribution in [0, 0.1) is 0 Å². The molecule has 1 aliphatic rings. The summed E-state index contributed by atoms with van der Waals surface area (Å²) in [6.45, 7) is 0. The van der Waals surface area contributed by atoms with Crippen molar-refractivity contribution < 1.29 is 4.74 Å². The van der Waals surface area contributed by atoms with Crippen molar-refractivity contribution in [2.24, 2.45) is 0 Å². The number of nitrogens with one attached hydrogen (secondary N) is 1. The van der Waals surface area contributed by atoms with Crippen LogP contribution in [0.1, 0.15) is 24.3 Å². The largest absolute Gasteiger partial charge is 0.494 e. The lowest BCUT2D eigenvalue weighted by atomic mass is 10.1. The lowest BCUT2D eigenvalue weighted by Gasteiger charge is -2.07. The van der Waals surface area contributed by atoms with E-state index in [1.165, 1.54) is 23.8 Å². The zero-order chi connectivity index (χ0) is 10.4. The molecule has 1 heterocycles. The van der Waals surface area contributed by atoms with Gasteiger partial charge >= 0.3 is 0 Å². The molecule has 1 aromatic heterocycles. The monoisotopic (exact) mass is 202 g/mol. The quantitative estimate of drug-likeness (QED) is 0.735. The molecule has 0 amide bonds. The zero-order valence-electron chi connectivity index (χ0n) is 8.71. The van der Waals surface area contributed by atoms with Crippen LogP contribution in [0.3, 0.4) is 0 Å². The SMILES string of the molecule is COc1c(N)ccc2[nH]cc(C3CC3)c12. The van der Waals surface area contributed by atoms with Crippen molar-refractivity contribution in [3.8, 4) is 5.75 Å². The zero-order valence-corrected chi connectivity index (χ0v) is 8.71. The number of benzene rings is 1. The molecule has 0 radical (unpaired) electrons. The van der Waals surface area contributed by atoms with E-state index in [1.54, 1.807) is 7.11 Å². The van der Waals surface area contributed by atoms with Crippen LogP contribution in [-0.4, -0.2) is 12.1 Å². The van der Waals surface area contributed by atoms with Gasteiger partial charge in [-0.15, -0.1) is 0 Å². The van der Waals surface area contributed by atoms with Gasteiger partial charge in [0.05, 0.1) is 12.8 Å². The number of fused-ring (bicyclic) bond motifs is 1. The first kappa shape index (κ1) is 8.65. The molecular weight excluding hydrogens is 188 g/mol. The lowest BCUT2D eigenvalue weighted by molar-refractivity contribution is 0.421. The minimum atomic E-state index is 0.703. The first-order valence-corrected chi connectivity index (χ1v) is 5.24. The Bertz CT molecular complexity index is 512. The van der Waals surface area contributed by atoms with Gasteiger partial charge in [0, 0.05) is 17.1 Å². The Morgan fingerprint density at radius 3 is 2.87 bits per heavy atom. The first-order valence-electron chi connectivity index (χ1n) is 5.24. The number of methoxy groups -OCH3 is 1. The fourth-order valence-corrected chi connectivity index (χ4v) is 2.17. The summed E-state index contributed by atoms with van der Waals surface area (Å²) in [6, 6.07) is 3.90. The Kier molecular flexibility index (Phi) is 1.69. The second kappa shape index (κ2) is 2.92. The average Bonchev–Trinajstić information content (AvgIpc) is 2.99. The van der Waals surface area contributed by atoms with Gasteiger partial charge in [-0.2, -0.15) is 0 Å². The number of hydrogen-bond acceptors (Lipinski definition) is 2. The molecule has 0 atom stereocenters. The summed E-state index contributed by atoms with van der Waals surface area (Å²) < 4.78 is 5.39. The topological polar surface area (TPSA) is 51.0 Å². The number of nitrogens with two attached hydrogens (primary N) is 1. The second-order valence-electron chi connectivity index (χ2n) is 4.13. The van der Waals surface area contributed by atoms with E-state index in [2.05, 4.69) is 11.2 Å². The number of aromatic nitrogens is 1. The average molecular weight is 202 g/mol. The van der Waals surface area contributed by atoms with E-state index in [0.717, 1.165) is 11.3 Å². The van der Waals surface area contributed by atoms with E-state index in [-0.39, 0.29) is 0 Å². The van der Waals surface area contributed by atoms with Gasteiger partial charge in [-0.1, -0.05) is 0 Å². The van der Waals surface area contributed by atoms with Crippen molar-refractivity contribution in [1.29, 1.82) is 0 Å². The van der Waals surface area contributed by atoms with Gasteiger partial charge in [-0.05, 0) is 36.5 Å². The highest BCUT2D eigenvalue weighted by atomic mass is 16.5. The number of H-pyrrole nitrogens is 1. The summed E-state index contributed by atoms with van der Waals surface area (Å²) in [4.78, 5) is 3.28. The molecule has 1 fully saturated rings. The van der Waals surface area contributed by atoms with Gasteiger partial charge in [0.25, 0.3) is 0 Å². The molecule has 1 aliphatic carbocycles. The summed E-state index contributed by atoms with van der Waals surface area (Å²) in [7, 11) is 1.68. The molecule has 2 aromatic rings. The van der Waals surface area contributed by atoms with Crippen LogP contribution in [0.25, 0.3) is 10.9 Å². The lowest BCUT2D eigenvalue weighted by Crippen LogP contribution is -1.93. The van der Waals surface area contributed by atoms with E-state index < -0.39 is 0 Å². The molecule has 0 saturated heterocycles. The van der Waals surface area contributed by atoms with Gasteiger partial charge in [-0.25, -0.2) is 0 Å². The van der Waals surface area contributed by atoms with Crippen LogP contribution < -0.4 is 10.5 Å². The Balaban J connectivity index is 2.33. The van der Waals surface area contributed by atoms with Gasteiger partial charge in [0.1, 0.15) is 0 Å². The predicted octanol–water partition coefficient (Wildman–Crippen LogP) is 2.64. The van der Waals surface area contributed by atoms with E-state index in [4.69, 9.17) is 10.5 Å². The van der Waals surface area contributed by atoms with Crippen molar-refractivity contribution in [3.05, 3.63) is 23.9 Å². The maximum absolute atomic E-state index is 5.91. The first-order chi connectivity index (χ1) is 7.31. The van der Waals surface area contributed by atoms with Crippen LogP contribution in [-0.2, 0) is 0 Å². The molecule has 1 aromatic carbocycles. The fraction of sp³-hybridized carbons (Fsp3) is 0.333. The maximum atomic E-state index is 5.91.